The summed E-state index contributed by atoms with van der Waals surface area (Å²) in [5.74, 6) is 0.775. The first-order valence-electron chi connectivity index (χ1n) is 6.84. The van der Waals surface area contributed by atoms with Gasteiger partial charge in [0.1, 0.15) is 5.82 Å². The second kappa shape index (κ2) is 5.66. The number of amidine groups is 1. The maximum atomic E-state index is 10.5. The Morgan fingerprint density at radius 1 is 1.45 bits per heavy atom. The van der Waals surface area contributed by atoms with Gasteiger partial charge in [0.25, 0.3) is 0 Å². The van der Waals surface area contributed by atoms with Crippen molar-refractivity contribution in [2.45, 2.75) is 38.2 Å². The summed E-state index contributed by atoms with van der Waals surface area (Å²) >= 11 is 0. The zero-order chi connectivity index (χ0) is 14.8. The second-order valence-electron chi connectivity index (χ2n) is 5.63. The van der Waals surface area contributed by atoms with Crippen LogP contribution in [0.25, 0.3) is 0 Å². The zero-order valence-electron chi connectivity index (χ0n) is 12.0. The standard InChI is InChI=1S/C14H22N4O2/c1-10-7-11(13(15)17-20)8-12(16-10)18(2)9-14(19)5-3-4-6-14/h7-8,19-20H,3-6,9H2,1-2H3,(H2,15,17). The van der Waals surface area contributed by atoms with E-state index in [-0.39, 0.29) is 5.84 Å². The summed E-state index contributed by atoms with van der Waals surface area (Å²) in [7, 11) is 1.90. The van der Waals surface area contributed by atoms with E-state index < -0.39 is 5.60 Å². The number of hydrogen-bond donors (Lipinski definition) is 3. The number of nitrogens with two attached hydrogens (primary N) is 1. The number of pyridine rings is 1. The van der Waals surface area contributed by atoms with E-state index in [1.807, 2.05) is 18.9 Å². The number of rotatable bonds is 4. The smallest absolute Gasteiger partial charge is 0.170 e. The van der Waals surface area contributed by atoms with E-state index in [4.69, 9.17) is 10.9 Å². The van der Waals surface area contributed by atoms with Gasteiger partial charge < -0.3 is 20.9 Å². The zero-order valence-corrected chi connectivity index (χ0v) is 12.0. The molecule has 4 N–H and O–H groups in total. The van der Waals surface area contributed by atoms with Crippen molar-refractivity contribution in [3.63, 3.8) is 0 Å². The molecule has 0 bridgehead atoms. The molecule has 110 valence electrons. The molecular formula is C14H22N4O2. The highest BCUT2D eigenvalue weighted by molar-refractivity contribution is 5.97. The van der Waals surface area contributed by atoms with E-state index in [2.05, 4.69) is 10.1 Å². The van der Waals surface area contributed by atoms with E-state index in [1.54, 1.807) is 12.1 Å². The largest absolute Gasteiger partial charge is 0.409 e. The third-order valence-electron chi connectivity index (χ3n) is 3.80. The Kier molecular flexibility index (Phi) is 4.13. The number of oxime groups is 1. The number of aryl methyl sites for hydroxylation is 1. The molecule has 0 radical (unpaired) electrons. The highest BCUT2D eigenvalue weighted by Gasteiger charge is 2.32. The van der Waals surface area contributed by atoms with Crippen LogP contribution in [0, 0.1) is 6.92 Å². The van der Waals surface area contributed by atoms with Crippen molar-refractivity contribution in [2.24, 2.45) is 10.9 Å². The van der Waals surface area contributed by atoms with Crippen molar-refractivity contribution in [3.8, 4) is 0 Å². The van der Waals surface area contributed by atoms with Crippen LogP contribution < -0.4 is 10.6 Å². The van der Waals surface area contributed by atoms with E-state index in [1.165, 1.54) is 0 Å². The maximum Gasteiger partial charge on any atom is 0.170 e. The molecule has 0 saturated heterocycles. The molecule has 20 heavy (non-hydrogen) atoms. The van der Waals surface area contributed by atoms with Gasteiger partial charge in [-0.1, -0.05) is 18.0 Å². The first-order chi connectivity index (χ1) is 9.43. The summed E-state index contributed by atoms with van der Waals surface area (Å²) in [6.07, 6.45) is 3.80. The van der Waals surface area contributed by atoms with Gasteiger partial charge in [0.05, 0.1) is 5.60 Å². The van der Waals surface area contributed by atoms with Gasteiger partial charge in [-0.05, 0) is 31.9 Å². The summed E-state index contributed by atoms with van der Waals surface area (Å²) in [6, 6.07) is 3.52. The van der Waals surface area contributed by atoms with Gasteiger partial charge in [-0.15, -0.1) is 0 Å². The second-order valence-corrected chi connectivity index (χ2v) is 5.63. The fourth-order valence-electron chi connectivity index (χ4n) is 2.77. The average Bonchev–Trinajstić information content (AvgIpc) is 2.83. The summed E-state index contributed by atoms with van der Waals surface area (Å²) < 4.78 is 0. The van der Waals surface area contributed by atoms with Gasteiger partial charge >= 0.3 is 0 Å². The fourth-order valence-corrected chi connectivity index (χ4v) is 2.77. The molecule has 0 atom stereocenters. The van der Waals surface area contributed by atoms with Gasteiger partial charge in [-0.25, -0.2) is 4.98 Å². The van der Waals surface area contributed by atoms with E-state index in [0.29, 0.717) is 17.9 Å². The van der Waals surface area contributed by atoms with Crippen LogP contribution in [-0.4, -0.2) is 40.3 Å². The van der Waals surface area contributed by atoms with Crippen LogP contribution in [-0.2, 0) is 0 Å². The average molecular weight is 278 g/mol. The summed E-state index contributed by atoms with van der Waals surface area (Å²) in [6.45, 7) is 2.40. The monoisotopic (exact) mass is 278 g/mol. The molecule has 0 spiro atoms. The molecule has 6 nitrogen and oxygen atoms in total. The van der Waals surface area contributed by atoms with Gasteiger partial charge in [0, 0.05) is 24.8 Å². The molecule has 0 unspecified atom stereocenters. The Hall–Kier alpha value is -1.82. The lowest BCUT2D eigenvalue weighted by molar-refractivity contribution is 0.0558. The molecule has 1 heterocycles. The third kappa shape index (κ3) is 3.19. The minimum absolute atomic E-state index is 0.0599. The van der Waals surface area contributed by atoms with E-state index in [0.717, 1.165) is 31.4 Å². The van der Waals surface area contributed by atoms with Crippen molar-refractivity contribution < 1.29 is 10.3 Å². The molecule has 1 fully saturated rings. The van der Waals surface area contributed by atoms with Gasteiger partial charge in [-0.2, -0.15) is 0 Å². The summed E-state index contributed by atoms with van der Waals surface area (Å²) in [5, 5.41) is 22.2. The molecule has 1 aliphatic rings. The number of nitrogens with zero attached hydrogens (tertiary/aromatic N) is 3. The molecule has 1 saturated carbocycles. The molecule has 1 aliphatic carbocycles. The predicted octanol–water partition coefficient (Wildman–Crippen LogP) is 1.23. The Labute approximate surface area is 118 Å². The van der Waals surface area contributed by atoms with Crippen LogP contribution in [0.2, 0.25) is 0 Å². The quantitative estimate of drug-likeness (QED) is 0.333. The molecule has 0 aliphatic heterocycles. The number of hydrogen-bond acceptors (Lipinski definition) is 5. The van der Waals surface area contributed by atoms with Crippen molar-refractivity contribution >= 4 is 11.7 Å². The van der Waals surface area contributed by atoms with Crippen molar-refractivity contribution in [2.75, 3.05) is 18.5 Å². The van der Waals surface area contributed by atoms with Crippen molar-refractivity contribution in [1.29, 1.82) is 0 Å². The molecule has 1 aromatic rings. The lowest BCUT2D eigenvalue weighted by Gasteiger charge is -2.29. The van der Waals surface area contributed by atoms with Crippen LogP contribution in [0.15, 0.2) is 17.3 Å². The number of likely N-dealkylation sites (N-methyl/N-ethyl adjacent to an activating group) is 1. The third-order valence-corrected chi connectivity index (χ3v) is 3.80. The van der Waals surface area contributed by atoms with Crippen molar-refractivity contribution in [3.05, 3.63) is 23.4 Å². The van der Waals surface area contributed by atoms with Crippen molar-refractivity contribution in [1.82, 2.24) is 4.98 Å². The van der Waals surface area contributed by atoms with Crippen LogP contribution in [0.5, 0.6) is 0 Å². The molecule has 1 aromatic heterocycles. The number of aliphatic hydroxyl groups is 1. The topological polar surface area (TPSA) is 95.0 Å². The van der Waals surface area contributed by atoms with Gasteiger partial charge in [-0.3, -0.25) is 0 Å². The SMILES string of the molecule is Cc1cc(/C(N)=N/O)cc(N(C)CC2(O)CCCC2)n1. The van der Waals surface area contributed by atoms with Gasteiger partial charge in [0.15, 0.2) is 5.84 Å². The van der Waals surface area contributed by atoms with Gasteiger partial charge in [0.2, 0.25) is 0 Å². The number of anilines is 1. The summed E-state index contributed by atoms with van der Waals surface area (Å²) in [4.78, 5) is 6.37. The Bertz CT molecular complexity index is 510. The van der Waals surface area contributed by atoms with E-state index in [9.17, 15) is 5.11 Å². The normalized spacial score (nSPS) is 18.2. The molecule has 0 aromatic carbocycles. The lowest BCUT2D eigenvalue weighted by atomic mass is 10.0. The number of aromatic nitrogens is 1. The lowest BCUT2D eigenvalue weighted by Crippen LogP contribution is -2.39. The van der Waals surface area contributed by atoms with Crippen LogP contribution >= 0.6 is 0 Å². The molecule has 0 amide bonds. The fraction of sp³-hybridized carbons (Fsp3) is 0.571. The highest BCUT2D eigenvalue weighted by Crippen LogP contribution is 2.31. The Morgan fingerprint density at radius 3 is 2.70 bits per heavy atom. The van der Waals surface area contributed by atoms with Crippen LogP contribution in [0.1, 0.15) is 36.9 Å². The van der Waals surface area contributed by atoms with Crippen LogP contribution in [0.4, 0.5) is 5.82 Å². The molecular weight excluding hydrogens is 256 g/mol. The van der Waals surface area contributed by atoms with E-state index >= 15 is 0 Å². The summed E-state index contributed by atoms with van der Waals surface area (Å²) in [5.41, 5.74) is 6.41. The maximum absolute atomic E-state index is 10.5. The molecule has 6 heteroatoms. The first kappa shape index (κ1) is 14.6. The highest BCUT2D eigenvalue weighted by atomic mass is 16.4. The Morgan fingerprint density at radius 2 is 2.10 bits per heavy atom. The minimum Gasteiger partial charge on any atom is -0.409 e. The first-order valence-corrected chi connectivity index (χ1v) is 6.84. The predicted molar refractivity (Wildman–Crippen MR) is 78.2 cm³/mol. The minimum atomic E-state index is -0.628. The van der Waals surface area contributed by atoms with Crippen LogP contribution in [0.3, 0.4) is 0 Å². The molecule has 2 rings (SSSR count). The Balaban J connectivity index is 2.21.